The first-order valence-electron chi connectivity index (χ1n) is 6.51. The number of thioether (sulfide) groups is 1. The average molecular weight is 285 g/mol. The van der Waals surface area contributed by atoms with Crippen LogP contribution in [0, 0.1) is 0 Å². The van der Waals surface area contributed by atoms with Crippen LogP contribution >= 0.6 is 11.8 Å². The number of rotatable bonds is 4. The van der Waals surface area contributed by atoms with Gasteiger partial charge in [0.05, 0.1) is 5.56 Å². The minimum Gasteiger partial charge on any atom is -0.349 e. The van der Waals surface area contributed by atoms with Crippen molar-refractivity contribution < 1.29 is 13.6 Å². The summed E-state index contributed by atoms with van der Waals surface area (Å²) in [4.78, 5) is 12.5. The molecule has 2 rings (SSSR count). The molecule has 0 saturated heterocycles. The monoisotopic (exact) mass is 285 g/mol. The Morgan fingerprint density at radius 1 is 1.21 bits per heavy atom. The van der Waals surface area contributed by atoms with E-state index < -0.39 is 5.76 Å². The van der Waals surface area contributed by atoms with Gasteiger partial charge in [0.1, 0.15) is 0 Å². The summed E-state index contributed by atoms with van der Waals surface area (Å²) in [6.45, 7) is 0. The van der Waals surface area contributed by atoms with E-state index in [1.165, 1.54) is 6.42 Å². The van der Waals surface area contributed by atoms with Gasteiger partial charge in [-0.25, -0.2) is 0 Å². The molecule has 0 bridgehead atoms. The molecular formula is C14H17F2NOS. The highest BCUT2D eigenvalue weighted by Crippen LogP contribution is 2.28. The van der Waals surface area contributed by atoms with Crippen molar-refractivity contribution in [2.75, 3.05) is 0 Å². The molecule has 0 spiro atoms. The topological polar surface area (TPSA) is 29.1 Å². The van der Waals surface area contributed by atoms with Crippen LogP contribution < -0.4 is 5.32 Å². The Morgan fingerprint density at radius 2 is 1.89 bits per heavy atom. The number of carbonyl (C=O) groups is 1. The maximum atomic E-state index is 12.5. The molecule has 0 radical (unpaired) electrons. The predicted octanol–water partition coefficient (Wildman–Crippen LogP) is 4.06. The van der Waals surface area contributed by atoms with E-state index in [0.29, 0.717) is 22.2 Å². The van der Waals surface area contributed by atoms with Gasteiger partial charge in [0, 0.05) is 10.9 Å². The van der Waals surface area contributed by atoms with Gasteiger partial charge in [-0.3, -0.25) is 4.79 Å². The van der Waals surface area contributed by atoms with Crippen molar-refractivity contribution in [2.45, 2.75) is 48.8 Å². The largest absolute Gasteiger partial charge is 0.349 e. The summed E-state index contributed by atoms with van der Waals surface area (Å²) in [5, 5.41) is 2.95. The van der Waals surface area contributed by atoms with Gasteiger partial charge < -0.3 is 5.32 Å². The van der Waals surface area contributed by atoms with Crippen molar-refractivity contribution in [3.8, 4) is 0 Å². The van der Waals surface area contributed by atoms with Gasteiger partial charge in [-0.05, 0) is 25.0 Å². The van der Waals surface area contributed by atoms with Crippen LogP contribution in [0.4, 0.5) is 8.78 Å². The third-order valence-corrected chi connectivity index (χ3v) is 4.08. The van der Waals surface area contributed by atoms with Crippen LogP contribution in [0.2, 0.25) is 0 Å². The molecule has 0 aliphatic heterocycles. The molecule has 1 aromatic carbocycles. The van der Waals surface area contributed by atoms with Crippen molar-refractivity contribution in [1.82, 2.24) is 5.32 Å². The van der Waals surface area contributed by atoms with E-state index in [-0.39, 0.29) is 11.9 Å². The molecule has 1 N–H and O–H groups in total. The molecule has 0 aromatic heterocycles. The maximum Gasteiger partial charge on any atom is 0.288 e. The fraction of sp³-hybridized carbons (Fsp3) is 0.500. The molecule has 0 unspecified atom stereocenters. The summed E-state index contributed by atoms with van der Waals surface area (Å²) in [6, 6.07) is 6.72. The zero-order valence-corrected chi connectivity index (χ0v) is 11.4. The van der Waals surface area contributed by atoms with Gasteiger partial charge in [-0.2, -0.15) is 8.78 Å². The molecule has 1 aliphatic carbocycles. The molecular weight excluding hydrogens is 268 g/mol. The van der Waals surface area contributed by atoms with E-state index in [2.05, 4.69) is 5.32 Å². The van der Waals surface area contributed by atoms with E-state index in [1.807, 2.05) is 0 Å². The second kappa shape index (κ2) is 6.89. The van der Waals surface area contributed by atoms with Gasteiger partial charge in [-0.1, -0.05) is 43.2 Å². The summed E-state index contributed by atoms with van der Waals surface area (Å²) in [7, 11) is 0. The zero-order chi connectivity index (χ0) is 13.7. The molecule has 19 heavy (non-hydrogen) atoms. The first-order valence-corrected chi connectivity index (χ1v) is 7.39. The highest BCUT2D eigenvalue weighted by atomic mass is 32.2. The third-order valence-electron chi connectivity index (χ3n) is 3.29. The van der Waals surface area contributed by atoms with E-state index in [1.54, 1.807) is 24.3 Å². The third kappa shape index (κ3) is 4.20. The van der Waals surface area contributed by atoms with Crippen LogP contribution in [0.3, 0.4) is 0 Å². The number of halogens is 2. The van der Waals surface area contributed by atoms with Crippen LogP contribution in [0.15, 0.2) is 29.2 Å². The van der Waals surface area contributed by atoms with E-state index in [0.717, 1.165) is 25.7 Å². The Kier molecular flexibility index (Phi) is 5.19. The minimum atomic E-state index is -2.51. The summed E-state index contributed by atoms with van der Waals surface area (Å²) < 4.78 is 24.9. The number of nitrogens with one attached hydrogen (secondary N) is 1. The van der Waals surface area contributed by atoms with Gasteiger partial charge in [0.15, 0.2) is 0 Å². The average Bonchev–Trinajstić information content (AvgIpc) is 2.39. The van der Waals surface area contributed by atoms with Crippen molar-refractivity contribution in [2.24, 2.45) is 0 Å². The molecule has 2 nitrogen and oxygen atoms in total. The van der Waals surface area contributed by atoms with Crippen molar-refractivity contribution >= 4 is 17.7 Å². The van der Waals surface area contributed by atoms with Gasteiger partial charge >= 0.3 is 0 Å². The second-order valence-electron chi connectivity index (χ2n) is 4.68. The Balaban J connectivity index is 2.05. The number of hydrogen-bond acceptors (Lipinski definition) is 2. The van der Waals surface area contributed by atoms with Gasteiger partial charge in [0.2, 0.25) is 0 Å². The molecule has 104 valence electrons. The van der Waals surface area contributed by atoms with Crippen LogP contribution in [0.1, 0.15) is 42.5 Å². The predicted molar refractivity (Wildman–Crippen MR) is 72.6 cm³/mol. The Hall–Kier alpha value is -1.10. The first-order chi connectivity index (χ1) is 9.16. The molecule has 1 aromatic rings. The smallest absolute Gasteiger partial charge is 0.288 e. The van der Waals surface area contributed by atoms with Crippen LogP contribution in [0.5, 0.6) is 0 Å². The molecule has 1 aliphatic rings. The highest BCUT2D eigenvalue weighted by Gasteiger charge is 2.19. The maximum absolute atomic E-state index is 12.5. The quantitative estimate of drug-likeness (QED) is 0.845. The number of benzene rings is 1. The number of alkyl halides is 2. The lowest BCUT2D eigenvalue weighted by Gasteiger charge is -2.23. The van der Waals surface area contributed by atoms with E-state index in [9.17, 15) is 13.6 Å². The molecule has 1 amide bonds. The van der Waals surface area contributed by atoms with Gasteiger partial charge in [0.25, 0.3) is 11.7 Å². The molecule has 0 heterocycles. The zero-order valence-electron chi connectivity index (χ0n) is 10.6. The standard InChI is InChI=1S/C14H17F2NOS/c15-14(16)19-12-9-5-4-8-11(12)13(18)17-10-6-2-1-3-7-10/h4-5,8-10,14H,1-3,6-7H2,(H,17,18). The lowest BCUT2D eigenvalue weighted by Crippen LogP contribution is -2.36. The minimum absolute atomic E-state index is 0.186. The van der Waals surface area contributed by atoms with Crippen molar-refractivity contribution in [3.63, 3.8) is 0 Å². The summed E-state index contributed by atoms with van der Waals surface area (Å²) in [6.07, 6.45) is 5.42. The highest BCUT2D eigenvalue weighted by molar-refractivity contribution is 7.99. The Bertz CT molecular complexity index is 433. The first kappa shape index (κ1) is 14.3. The molecule has 1 saturated carbocycles. The molecule has 1 fully saturated rings. The lowest BCUT2D eigenvalue weighted by molar-refractivity contribution is 0.0924. The van der Waals surface area contributed by atoms with Crippen molar-refractivity contribution in [3.05, 3.63) is 29.8 Å². The number of amides is 1. The van der Waals surface area contributed by atoms with Crippen molar-refractivity contribution in [1.29, 1.82) is 0 Å². The number of hydrogen-bond donors (Lipinski definition) is 1. The van der Waals surface area contributed by atoms with E-state index >= 15 is 0 Å². The Labute approximate surface area is 116 Å². The summed E-state index contributed by atoms with van der Waals surface area (Å²) in [5.41, 5.74) is 0.346. The fourth-order valence-electron chi connectivity index (χ4n) is 2.36. The fourth-order valence-corrected chi connectivity index (χ4v) is 3.00. The molecule has 0 atom stereocenters. The van der Waals surface area contributed by atoms with Crippen LogP contribution in [-0.4, -0.2) is 17.7 Å². The summed E-state index contributed by atoms with van der Waals surface area (Å²) in [5.74, 6) is -2.75. The SMILES string of the molecule is O=C(NC1CCCCC1)c1ccccc1SC(F)F. The normalized spacial score (nSPS) is 16.6. The van der Waals surface area contributed by atoms with E-state index in [4.69, 9.17) is 0 Å². The lowest BCUT2D eigenvalue weighted by atomic mass is 9.95. The summed E-state index contributed by atoms with van der Waals surface area (Å²) >= 11 is 0.421. The Morgan fingerprint density at radius 3 is 2.58 bits per heavy atom. The second-order valence-corrected chi connectivity index (χ2v) is 5.71. The molecule has 5 heteroatoms. The number of carbonyl (C=O) groups excluding carboxylic acids is 1. The van der Waals surface area contributed by atoms with Crippen LogP contribution in [0.25, 0.3) is 0 Å². The van der Waals surface area contributed by atoms with Gasteiger partial charge in [-0.15, -0.1) is 0 Å². The van der Waals surface area contributed by atoms with Crippen LogP contribution in [-0.2, 0) is 0 Å².